The Hall–Kier alpha value is -1.57. The molecule has 1 heterocycles. The SMILES string of the molecule is [CH2]Cc1cnc2cc(OC)ccc2c1. The van der Waals surface area contributed by atoms with E-state index in [1.807, 2.05) is 24.4 Å². The fraction of sp³-hybridized carbons (Fsp3) is 0.167. The molecule has 0 N–H and O–H groups in total. The van der Waals surface area contributed by atoms with Gasteiger partial charge in [-0.3, -0.25) is 4.98 Å². The van der Waals surface area contributed by atoms with Gasteiger partial charge in [-0.05, 0) is 37.1 Å². The predicted octanol–water partition coefficient (Wildman–Crippen LogP) is 2.62. The molecule has 2 heteroatoms. The van der Waals surface area contributed by atoms with Gasteiger partial charge in [-0.1, -0.05) is 0 Å². The van der Waals surface area contributed by atoms with Crippen molar-refractivity contribution in [1.82, 2.24) is 4.98 Å². The molecule has 0 aliphatic rings. The molecule has 0 unspecified atom stereocenters. The summed E-state index contributed by atoms with van der Waals surface area (Å²) in [7, 11) is 1.66. The van der Waals surface area contributed by atoms with E-state index in [1.165, 1.54) is 0 Å². The molecular weight excluding hydrogens is 174 g/mol. The summed E-state index contributed by atoms with van der Waals surface area (Å²) in [6.07, 6.45) is 2.63. The van der Waals surface area contributed by atoms with Crippen molar-refractivity contribution in [3.8, 4) is 5.75 Å². The maximum Gasteiger partial charge on any atom is 0.121 e. The summed E-state index contributed by atoms with van der Waals surface area (Å²) >= 11 is 0. The maximum absolute atomic E-state index is 5.13. The first-order valence-electron chi connectivity index (χ1n) is 4.55. The van der Waals surface area contributed by atoms with Gasteiger partial charge in [0.15, 0.2) is 0 Å². The monoisotopic (exact) mass is 186 g/mol. The average Bonchev–Trinajstić information content (AvgIpc) is 2.27. The zero-order valence-corrected chi connectivity index (χ0v) is 8.16. The Morgan fingerprint density at radius 2 is 2.21 bits per heavy atom. The van der Waals surface area contributed by atoms with Gasteiger partial charge in [-0.25, -0.2) is 0 Å². The van der Waals surface area contributed by atoms with Crippen molar-refractivity contribution in [2.75, 3.05) is 7.11 Å². The summed E-state index contributed by atoms with van der Waals surface area (Å²) in [6, 6.07) is 7.99. The number of benzene rings is 1. The van der Waals surface area contributed by atoms with E-state index in [1.54, 1.807) is 7.11 Å². The molecule has 0 spiro atoms. The summed E-state index contributed by atoms with van der Waals surface area (Å²) in [5.41, 5.74) is 2.12. The summed E-state index contributed by atoms with van der Waals surface area (Å²) in [4.78, 5) is 4.34. The molecular formula is C12H12NO. The van der Waals surface area contributed by atoms with E-state index < -0.39 is 0 Å². The second kappa shape index (κ2) is 3.66. The normalized spacial score (nSPS) is 10.4. The van der Waals surface area contributed by atoms with Crippen LogP contribution in [0.3, 0.4) is 0 Å². The topological polar surface area (TPSA) is 22.1 Å². The van der Waals surface area contributed by atoms with Crippen LogP contribution in [-0.2, 0) is 6.42 Å². The van der Waals surface area contributed by atoms with Crippen LogP contribution in [0, 0.1) is 6.92 Å². The van der Waals surface area contributed by atoms with E-state index in [0.717, 1.165) is 28.6 Å². The summed E-state index contributed by atoms with van der Waals surface area (Å²) in [6.45, 7) is 3.83. The number of nitrogens with zero attached hydrogens (tertiary/aromatic N) is 1. The van der Waals surface area contributed by atoms with E-state index in [2.05, 4.69) is 18.0 Å². The lowest BCUT2D eigenvalue weighted by Crippen LogP contribution is -1.87. The lowest BCUT2D eigenvalue weighted by atomic mass is 10.1. The van der Waals surface area contributed by atoms with Crippen LogP contribution in [0.25, 0.3) is 10.9 Å². The molecule has 14 heavy (non-hydrogen) atoms. The van der Waals surface area contributed by atoms with Gasteiger partial charge >= 0.3 is 0 Å². The second-order valence-corrected chi connectivity index (χ2v) is 3.15. The zero-order valence-electron chi connectivity index (χ0n) is 8.16. The Balaban J connectivity index is 2.57. The molecule has 2 aromatic rings. The minimum Gasteiger partial charge on any atom is -0.497 e. The fourth-order valence-electron chi connectivity index (χ4n) is 1.41. The average molecular weight is 186 g/mol. The lowest BCUT2D eigenvalue weighted by Gasteiger charge is -2.03. The molecule has 1 aromatic heterocycles. The summed E-state index contributed by atoms with van der Waals surface area (Å²) in [5, 5.41) is 1.13. The molecule has 0 saturated carbocycles. The number of methoxy groups -OCH3 is 1. The fourth-order valence-corrected chi connectivity index (χ4v) is 1.41. The van der Waals surface area contributed by atoms with Crippen LogP contribution in [0.15, 0.2) is 30.5 Å². The molecule has 0 saturated heterocycles. The Bertz CT molecular complexity index is 408. The standard InChI is InChI=1S/C12H12NO/c1-3-9-6-10-4-5-11(14-2)7-12(10)13-8-9/h4-8H,1,3H2,2H3. The number of hydrogen-bond acceptors (Lipinski definition) is 2. The van der Waals surface area contributed by atoms with Crippen molar-refractivity contribution in [1.29, 1.82) is 0 Å². The van der Waals surface area contributed by atoms with Gasteiger partial charge in [0.05, 0.1) is 12.6 Å². The molecule has 2 nitrogen and oxygen atoms in total. The van der Waals surface area contributed by atoms with Crippen LogP contribution in [0.1, 0.15) is 5.56 Å². The van der Waals surface area contributed by atoms with E-state index in [9.17, 15) is 0 Å². The number of pyridine rings is 1. The van der Waals surface area contributed by atoms with Crippen molar-refractivity contribution in [2.45, 2.75) is 6.42 Å². The van der Waals surface area contributed by atoms with Gasteiger partial charge in [0.2, 0.25) is 0 Å². The zero-order chi connectivity index (χ0) is 9.97. The van der Waals surface area contributed by atoms with Gasteiger partial charge in [-0.2, -0.15) is 0 Å². The number of ether oxygens (including phenoxy) is 1. The molecule has 0 fully saturated rings. The van der Waals surface area contributed by atoms with Crippen molar-refractivity contribution in [3.05, 3.63) is 42.9 Å². The summed E-state index contributed by atoms with van der Waals surface area (Å²) in [5.74, 6) is 0.840. The third kappa shape index (κ3) is 1.55. The van der Waals surface area contributed by atoms with Crippen LogP contribution in [0.5, 0.6) is 5.75 Å². The highest BCUT2D eigenvalue weighted by Gasteiger charge is 1.98. The van der Waals surface area contributed by atoms with Gasteiger partial charge < -0.3 is 4.74 Å². The first kappa shape index (κ1) is 9.00. The molecule has 71 valence electrons. The third-order valence-electron chi connectivity index (χ3n) is 2.24. The quantitative estimate of drug-likeness (QED) is 0.719. The highest BCUT2D eigenvalue weighted by molar-refractivity contribution is 5.80. The third-order valence-corrected chi connectivity index (χ3v) is 2.24. The Morgan fingerprint density at radius 1 is 1.36 bits per heavy atom. The second-order valence-electron chi connectivity index (χ2n) is 3.15. The van der Waals surface area contributed by atoms with Crippen molar-refractivity contribution in [2.24, 2.45) is 0 Å². The Morgan fingerprint density at radius 3 is 2.93 bits per heavy atom. The molecule has 0 amide bonds. The van der Waals surface area contributed by atoms with Gasteiger partial charge in [0.25, 0.3) is 0 Å². The number of aromatic nitrogens is 1. The molecule has 0 bridgehead atoms. The van der Waals surface area contributed by atoms with Crippen LogP contribution in [0.2, 0.25) is 0 Å². The molecule has 1 radical (unpaired) electrons. The Labute approximate surface area is 83.5 Å². The van der Waals surface area contributed by atoms with E-state index in [0.29, 0.717) is 0 Å². The van der Waals surface area contributed by atoms with Crippen molar-refractivity contribution >= 4 is 10.9 Å². The van der Waals surface area contributed by atoms with E-state index in [4.69, 9.17) is 4.74 Å². The first-order valence-corrected chi connectivity index (χ1v) is 4.55. The summed E-state index contributed by atoms with van der Waals surface area (Å²) < 4.78 is 5.13. The molecule has 1 aromatic carbocycles. The molecule has 0 atom stereocenters. The van der Waals surface area contributed by atoms with Gasteiger partial charge in [0.1, 0.15) is 5.75 Å². The van der Waals surface area contributed by atoms with Crippen LogP contribution < -0.4 is 4.74 Å². The van der Waals surface area contributed by atoms with Crippen LogP contribution in [-0.4, -0.2) is 12.1 Å². The van der Waals surface area contributed by atoms with E-state index in [-0.39, 0.29) is 0 Å². The predicted molar refractivity (Wildman–Crippen MR) is 57.4 cm³/mol. The molecule has 0 aliphatic carbocycles. The van der Waals surface area contributed by atoms with Crippen molar-refractivity contribution in [3.63, 3.8) is 0 Å². The molecule has 2 rings (SSSR count). The maximum atomic E-state index is 5.13. The number of fused-ring (bicyclic) bond motifs is 1. The number of rotatable bonds is 2. The minimum absolute atomic E-state index is 0.773. The minimum atomic E-state index is 0.773. The molecule has 0 aliphatic heterocycles. The largest absolute Gasteiger partial charge is 0.497 e. The highest BCUT2D eigenvalue weighted by Crippen LogP contribution is 2.19. The van der Waals surface area contributed by atoms with Gasteiger partial charge in [0, 0.05) is 17.6 Å². The van der Waals surface area contributed by atoms with Crippen LogP contribution >= 0.6 is 0 Å². The lowest BCUT2D eigenvalue weighted by molar-refractivity contribution is 0.415. The smallest absolute Gasteiger partial charge is 0.121 e. The van der Waals surface area contributed by atoms with Gasteiger partial charge in [-0.15, -0.1) is 0 Å². The van der Waals surface area contributed by atoms with E-state index >= 15 is 0 Å². The Kier molecular flexibility index (Phi) is 2.35. The number of hydrogen-bond donors (Lipinski definition) is 0. The van der Waals surface area contributed by atoms with Crippen LogP contribution in [0.4, 0.5) is 0 Å². The first-order chi connectivity index (χ1) is 6.83. The highest BCUT2D eigenvalue weighted by atomic mass is 16.5. The van der Waals surface area contributed by atoms with Crippen molar-refractivity contribution < 1.29 is 4.74 Å².